The lowest BCUT2D eigenvalue weighted by molar-refractivity contribution is -0.133. The van der Waals surface area contributed by atoms with Gasteiger partial charge in [-0.15, -0.1) is 0 Å². The maximum atomic E-state index is 12.4. The summed E-state index contributed by atoms with van der Waals surface area (Å²) in [7, 11) is 0. The average Bonchev–Trinajstić information content (AvgIpc) is 2.97. The molecule has 1 amide bonds. The highest BCUT2D eigenvalue weighted by molar-refractivity contribution is 5.77. The van der Waals surface area contributed by atoms with Crippen molar-refractivity contribution in [2.45, 2.75) is 26.2 Å². The van der Waals surface area contributed by atoms with E-state index in [-0.39, 0.29) is 12.5 Å². The molecule has 2 aliphatic rings. The van der Waals surface area contributed by atoms with Gasteiger partial charge in [-0.05, 0) is 68.5 Å². The number of hydrogen-bond acceptors (Lipinski definition) is 4. The van der Waals surface area contributed by atoms with Crippen molar-refractivity contribution >= 4 is 5.91 Å². The van der Waals surface area contributed by atoms with Gasteiger partial charge >= 0.3 is 0 Å². The first-order valence-electron chi connectivity index (χ1n) is 9.10. The van der Waals surface area contributed by atoms with Crippen LogP contribution in [0, 0.1) is 11.8 Å². The number of hydrogen-bond donors (Lipinski definition) is 1. The summed E-state index contributed by atoms with van der Waals surface area (Å²) in [6, 6.07) is 7.48. The number of nitrogens with zero attached hydrogens (tertiary/aromatic N) is 1. The molecule has 2 saturated heterocycles. The Morgan fingerprint density at radius 1 is 1.08 bits per heavy atom. The highest BCUT2D eigenvalue weighted by Gasteiger charge is 2.31. The molecule has 0 radical (unpaired) electrons. The molecule has 2 aliphatic heterocycles. The van der Waals surface area contributed by atoms with Crippen LogP contribution >= 0.6 is 0 Å². The number of nitrogens with one attached hydrogen (secondary N) is 1. The standard InChI is InChI=1S/C19H28N2O3/c1-2-11-23-17-3-5-18(6-4-17)24-14-19(22)21-9-7-15-12-20-13-16(15)8-10-21/h3-6,15-16,20H,2,7-14H2,1H3/t15-,16+. The van der Waals surface area contributed by atoms with E-state index in [9.17, 15) is 4.79 Å². The Bertz CT molecular complexity index is 518. The van der Waals surface area contributed by atoms with Crippen LogP contribution in [-0.4, -0.2) is 50.2 Å². The second kappa shape index (κ2) is 8.38. The van der Waals surface area contributed by atoms with Gasteiger partial charge < -0.3 is 19.7 Å². The predicted molar refractivity (Wildman–Crippen MR) is 93.4 cm³/mol. The zero-order valence-electron chi connectivity index (χ0n) is 14.5. The monoisotopic (exact) mass is 332 g/mol. The Morgan fingerprint density at radius 2 is 1.67 bits per heavy atom. The fraction of sp³-hybridized carbons (Fsp3) is 0.632. The van der Waals surface area contributed by atoms with E-state index in [1.165, 1.54) is 0 Å². The van der Waals surface area contributed by atoms with E-state index in [1.54, 1.807) is 0 Å². The summed E-state index contributed by atoms with van der Waals surface area (Å²) < 4.78 is 11.2. The molecular weight excluding hydrogens is 304 g/mol. The summed E-state index contributed by atoms with van der Waals surface area (Å²) in [5, 5.41) is 3.46. The zero-order chi connectivity index (χ0) is 16.8. The number of amides is 1. The maximum absolute atomic E-state index is 12.4. The van der Waals surface area contributed by atoms with Crippen LogP contribution < -0.4 is 14.8 Å². The average molecular weight is 332 g/mol. The lowest BCUT2D eigenvalue weighted by Crippen LogP contribution is -2.36. The van der Waals surface area contributed by atoms with Crippen LogP contribution in [0.15, 0.2) is 24.3 Å². The number of carbonyl (C=O) groups excluding carboxylic acids is 1. The predicted octanol–water partition coefficient (Wildman–Crippen LogP) is 2.31. The molecule has 0 spiro atoms. The van der Waals surface area contributed by atoms with E-state index >= 15 is 0 Å². The van der Waals surface area contributed by atoms with E-state index in [0.29, 0.717) is 12.4 Å². The Balaban J connectivity index is 1.45. The first-order chi connectivity index (χ1) is 11.8. The van der Waals surface area contributed by atoms with Crippen LogP contribution in [0.4, 0.5) is 0 Å². The third-order valence-electron chi connectivity index (χ3n) is 5.03. The van der Waals surface area contributed by atoms with E-state index in [2.05, 4.69) is 12.2 Å². The molecule has 2 atom stereocenters. The summed E-state index contributed by atoms with van der Waals surface area (Å²) in [6.45, 7) is 6.83. The minimum atomic E-state index is 0.0919. The van der Waals surface area contributed by atoms with Crippen LogP contribution in [0.3, 0.4) is 0 Å². The summed E-state index contributed by atoms with van der Waals surface area (Å²) in [6.07, 6.45) is 3.19. The number of likely N-dealkylation sites (tertiary alicyclic amines) is 1. The smallest absolute Gasteiger partial charge is 0.260 e. The van der Waals surface area contributed by atoms with Gasteiger partial charge in [0.25, 0.3) is 5.91 Å². The van der Waals surface area contributed by atoms with Crippen molar-refractivity contribution in [3.63, 3.8) is 0 Å². The van der Waals surface area contributed by atoms with Gasteiger partial charge in [-0.1, -0.05) is 6.92 Å². The molecule has 0 bridgehead atoms. The maximum Gasteiger partial charge on any atom is 0.260 e. The van der Waals surface area contributed by atoms with Crippen LogP contribution in [0.5, 0.6) is 11.5 Å². The van der Waals surface area contributed by atoms with E-state index in [4.69, 9.17) is 9.47 Å². The molecule has 3 rings (SSSR count). The lowest BCUT2D eigenvalue weighted by Gasteiger charge is -2.21. The van der Waals surface area contributed by atoms with Gasteiger partial charge in [-0.25, -0.2) is 0 Å². The van der Waals surface area contributed by atoms with Gasteiger partial charge in [0.1, 0.15) is 11.5 Å². The second-order valence-corrected chi connectivity index (χ2v) is 6.75. The van der Waals surface area contributed by atoms with Crippen molar-refractivity contribution in [2.24, 2.45) is 11.8 Å². The molecular formula is C19H28N2O3. The van der Waals surface area contributed by atoms with Crippen LogP contribution in [0.25, 0.3) is 0 Å². The molecule has 5 heteroatoms. The number of carbonyl (C=O) groups is 1. The van der Waals surface area contributed by atoms with Crippen LogP contribution in [0.2, 0.25) is 0 Å². The number of benzene rings is 1. The third kappa shape index (κ3) is 4.41. The summed E-state index contributed by atoms with van der Waals surface area (Å²) in [4.78, 5) is 14.4. The first-order valence-corrected chi connectivity index (χ1v) is 9.10. The zero-order valence-corrected chi connectivity index (χ0v) is 14.5. The molecule has 2 fully saturated rings. The van der Waals surface area contributed by atoms with Crippen molar-refractivity contribution < 1.29 is 14.3 Å². The largest absolute Gasteiger partial charge is 0.494 e. The van der Waals surface area contributed by atoms with Gasteiger partial charge in [-0.3, -0.25) is 4.79 Å². The SMILES string of the molecule is CCCOc1ccc(OCC(=O)N2CC[C@@H]3CNC[C@@H]3CC2)cc1. The number of rotatable bonds is 6. The summed E-state index contributed by atoms with van der Waals surface area (Å²) >= 11 is 0. The second-order valence-electron chi connectivity index (χ2n) is 6.75. The van der Waals surface area contributed by atoms with Gasteiger partial charge in [0.15, 0.2) is 6.61 Å². The Kier molecular flexibility index (Phi) is 5.96. The first kappa shape index (κ1) is 17.1. The Labute approximate surface area is 144 Å². The van der Waals surface area contributed by atoms with E-state index < -0.39 is 0 Å². The normalized spacial score (nSPS) is 23.5. The minimum Gasteiger partial charge on any atom is -0.494 e. The van der Waals surface area contributed by atoms with Crippen molar-refractivity contribution in [1.82, 2.24) is 10.2 Å². The van der Waals surface area contributed by atoms with Crippen LogP contribution in [0.1, 0.15) is 26.2 Å². The molecule has 132 valence electrons. The molecule has 1 aromatic carbocycles. The Hall–Kier alpha value is -1.75. The molecule has 0 aliphatic carbocycles. The topological polar surface area (TPSA) is 50.8 Å². The Morgan fingerprint density at radius 3 is 2.25 bits per heavy atom. The number of ether oxygens (including phenoxy) is 2. The molecule has 0 saturated carbocycles. The summed E-state index contributed by atoms with van der Waals surface area (Å²) in [5.41, 5.74) is 0. The highest BCUT2D eigenvalue weighted by atomic mass is 16.5. The highest BCUT2D eigenvalue weighted by Crippen LogP contribution is 2.27. The quantitative estimate of drug-likeness (QED) is 0.868. The molecule has 24 heavy (non-hydrogen) atoms. The van der Waals surface area contributed by atoms with E-state index in [0.717, 1.165) is 63.0 Å². The molecule has 1 N–H and O–H groups in total. The van der Waals surface area contributed by atoms with Gasteiger partial charge in [0.2, 0.25) is 0 Å². The van der Waals surface area contributed by atoms with Crippen molar-refractivity contribution in [3.05, 3.63) is 24.3 Å². The van der Waals surface area contributed by atoms with Gasteiger partial charge in [0, 0.05) is 13.1 Å². The fourth-order valence-corrected chi connectivity index (χ4v) is 3.56. The molecule has 1 aromatic rings. The van der Waals surface area contributed by atoms with Crippen LogP contribution in [-0.2, 0) is 4.79 Å². The minimum absolute atomic E-state index is 0.0919. The van der Waals surface area contributed by atoms with Crippen molar-refractivity contribution in [3.8, 4) is 11.5 Å². The van der Waals surface area contributed by atoms with E-state index in [1.807, 2.05) is 29.2 Å². The molecule has 5 nitrogen and oxygen atoms in total. The molecule has 2 heterocycles. The van der Waals surface area contributed by atoms with Gasteiger partial charge in [0.05, 0.1) is 6.61 Å². The summed E-state index contributed by atoms with van der Waals surface area (Å²) in [5.74, 6) is 3.11. The third-order valence-corrected chi connectivity index (χ3v) is 5.03. The molecule has 0 unspecified atom stereocenters. The fourth-order valence-electron chi connectivity index (χ4n) is 3.56. The lowest BCUT2D eigenvalue weighted by atomic mass is 9.92. The van der Waals surface area contributed by atoms with Crippen molar-refractivity contribution in [1.29, 1.82) is 0 Å². The molecule has 0 aromatic heterocycles. The number of fused-ring (bicyclic) bond motifs is 1. The van der Waals surface area contributed by atoms with Crippen molar-refractivity contribution in [2.75, 3.05) is 39.4 Å². The van der Waals surface area contributed by atoms with Gasteiger partial charge in [-0.2, -0.15) is 0 Å².